The number of carbonyl (C=O) groups is 4. The Balaban J connectivity index is 1.45. The fourth-order valence-electron chi connectivity index (χ4n) is 4.79. The van der Waals surface area contributed by atoms with Gasteiger partial charge in [-0.15, -0.1) is 0 Å². The molecular formula is C31H33N7O5S. The highest BCUT2D eigenvalue weighted by Crippen LogP contribution is 2.38. The summed E-state index contributed by atoms with van der Waals surface area (Å²) in [6.07, 6.45) is 0. The Morgan fingerprint density at radius 3 is 2.11 bits per heavy atom. The molecule has 4 rings (SSSR count). The number of nitrogen functional groups attached to an aromatic ring is 1. The highest BCUT2D eigenvalue weighted by molar-refractivity contribution is 7.80. The van der Waals surface area contributed by atoms with E-state index < -0.39 is 41.9 Å². The number of aliphatic carboxylic acids is 1. The summed E-state index contributed by atoms with van der Waals surface area (Å²) in [6.45, 7) is 1.10. The number of imide groups is 1. The maximum Gasteiger partial charge on any atom is 0.328 e. The molecule has 13 heteroatoms. The van der Waals surface area contributed by atoms with Crippen LogP contribution >= 0.6 is 12.2 Å². The first-order valence-electron chi connectivity index (χ1n) is 13.7. The number of hydrogen-bond donors (Lipinski definition) is 6. The molecule has 0 bridgehead atoms. The molecule has 0 radical (unpaired) electrons. The second kappa shape index (κ2) is 13.8. The van der Waals surface area contributed by atoms with Crippen LogP contribution in [0.15, 0.2) is 84.9 Å². The number of carboxylic acids is 1. The van der Waals surface area contributed by atoms with Crippen LogP contribution in [0.4, 0.5) is 4.79 Å². The van der Waals surface area contributed by atoms with Gasteiger partial charge in [-0.05, 0) is 35.8 Å². The second-order valence-corrected chi connectivity index (χ2v) is 10.7. The zero-order chi connectivity index (χ0) is 31.9. The van der Waals surface area contributed by atoms with Gasteiger partial charge in [-0.3, -0.25) is 19.9 Å². The molecule has 3 aromatic carbocycles. The molecular weight excluding hydrogens is 582 g/mol. The Hall–Kier alpha value is -5.30. The minimum Gasteiger partial charge on any atom is -0.480 e. The molecule has 0 spiro atoms. The van der Waals surface area contributed by atoms with Crippen molar-refractivity contribution in [3.8, 4) is 0 Å². The first-order chi connectivity index (χ1) is 21.0. The number of carbonyl (C=O) groups excluding carboxylic acids is 3. The van der Waals surface area contributed by atoms with E-state index in [-0.39, 0.29) is 24.0 Å². The topological polar surface area (TPSA) is 181 Å². The van der Waals surface area contributed by atoms with E-state index in [0.29, 0.717) is 17.7 Å². The third-order valence-corrected chi connectivity index (χ3v) is 7.57. The van der Waals surface area contributed by atoms with Gasteiger partial charge in [0.1, 0.15) is 24.0 Å². The van der Waals surface area contributed by atoms with Crippen molar-refractivity contribution in [1.82, 2.24) is 25.8 Å². The number of rotatable bonds is 12. The van der Waals surface area contributed by atoms with E-state index in [9.17, 15) is 24.3 Å². The lowest BCUT2D eigenvalue weighted by molar-refractivity contribution is -0.139. The van der Waals surface area contributed by atoms with Crippen LogP contribution in [0.3, 0.4) is 0 Å². The Labute approximate surface area is 259 Å². The monoisotopic (exact) mass is 615 g/mol. The molecule has 2 atom stereocenters. The van der Waals surface area contributed by atoms with E-state index in [0.717, 1.165) is 16.0 Å². The van der Waals surface area contributed by atoms with E-state index in [1.54, 1.807) is 31.2 Å². The van der Waals surface area contributed by atoms with Gasteiger partial charge < -0.3 is 31.7 Å². The van der Waals surface area contributed by atoms with Crippen molar-refractivity contribution in [3.63, 3.8) is 0 Å². The van der Waals surface area contributed by atoms with Gasteiger partial charge in [0.25, 0.3) is 5.91 Å². The van der Waals surface area contributed by atoms with E-state index in [2.05, 4.69) is 16.0 Å². The predicted molar refractivity (Wildman–Crippen MR) is 167 cm³/mol. The molecule has 1 saturated heterocycles. The van der Waals surface area contributed by atoms with Gasteiger partial charge in [-0.1, -0.05) is 84.9 Å². The number of carboxylic acid groups (broad SMARTS) is 1. The van der Waals surface area contributed by atoms with Crippen LogP contribution < -0.4 is 21.7 Å². The first kappa shape index (κ1) is 31.6. The zero-order valence-corrected chi connectivity index (χ0v) is 24.8. The number of nitrogens with zero attached hydrogens (tertiary/aromatic N) is 2. The van der Waals surface area contributed by atoms with Gasteiger partial charge in [0.05, 0.1) is 0 Å². The van der Waals surface area contributed by atoms with Crippen LogP contribution in [0.25, 0.3) is 0 Å². The molecule has 0 saturated carbocycles. The molecule has 1 heterocycles. The standard InChI is InChI=1S/C31H33N7O5S/c1-31(23-14-12-22(13-15-23)26(32)33)28(42)37(30(43)38(31)18-21-10-6-3-7-11-21)19-25(39)34-17-24(27(40)41)36-29(44)35-16-20-8-4-2-5-9-20/h2-15,24H,16-19H2,1H3,(H3,32,33)(H,34,39)(H,40,41)(H2,35,36,44)/t24-,31-/m0/s1. The van der Waals surface area contributed by atoms with Crippen molar-refractivity contribution in [1.29, 1.82) is 5.41 Å². The number of amidine groups is 1. The molecule has 1 aliphatic rings. The molecule has 7 N–H and O–H groups in total. The summed E-state index contributed by atoms with van der Waals surface area (Å²) in [6, 6.07) is 23.0. The number of thiocarbonyl (C=S) groups is 1. The van der Waals surface area contributed by atoms with Gasteiger partial charge in [0.2, 0.25) is 5.91 Å². The highest BCUT2D eigenvalue weighted by atomic mass is 32.1. The molecule has 1 aliphatic heterocycles. The Morgan fingerprint density at radius 1 is 0.955 bits per heavy atom. The summed E-state index contributed by atoms with van der Waals surface area (Å²) in [5.74, 6) is -2.74. The van der Waals surface area contributed by atoms with Crippen LogP contribution in [0.1, 0.15) is 29.2 Å². The van der Waals surface area contributed by atoms with Gasteiger partial charge in [0.15, 0.2) is 5.11 Å². The van der Waals surface area contributed by atoms with Crippen LogP contribution in [0, 0.1) is 5.41 Å². The fraction of sp³-hybridized carbons (Fsp3) is 0.226. The summed E-state index contributed by atoms with van der Waals surface area (Å²) in [5.41, 5.74) is 6.77. The Bertz CT molecular complexity index is 1550. The lowest BCUT2D eigenvalue weighted by atomic mass is 9.89. The lowest BCUT2D eigenvalue weighted by Crippen LogP contribution is -2.52. The quantitative estimate of drug-likeness (QED) is 0.0767. The number of hydrogen-bond acceptors (Lipinski definition) is 6. The third-order valence-electron chi connectivity index (χ3n) is 7.31. The minimum absolute atomic E-state index is 0.0866. The van der Waals surface area contributed by atoms with Crippen LogP contribution in [-0.4, -0.2) is 68.8 Å². The maximum absolute atomic E-state index is 13.9. The van der Waals surface area contributed by atoms with Crippen molar-refractivity contribution >= 4 is 47.0 Å². The normalized spacial score (nSPS) is 16.8. The van der Waals surface area contributed by atoms with Gasteiger partial charge in [0, 0.05) is 25.2 Å². The number of amides is 4. The first-order valence-corrected chi connectivity index (χ1v) is 14.1. The van der Waals surface area contributed by atoms with E-state index in [1.165, 1.54) is 4.90 Å². The van der Waals surface area contributed by atoms with Crippen LogP contribution in [0.2, 0.25) is 0 Å². The molecule has 0 unspecified atom stereocenters. The maximum atomic E-state index is 13.9. The minimum atomic E-state index is -1.47. The van der Waals surface area contributed by atoms with E-state index >= 15 is 0 Å². The SMILES string of the molecule is C[C@]1(c2ccc(C(=N)N)cc2)C(=O)N(CC(=O)NC[C@H](NC(=S)NCc2ccccc2)C(=O)O)C(=O)N1Cc1ccccc1. The number of nitrogens with one attached hydrogen (secondary N) is 4. The molecule has 12 nitrogen and oxygen atoms in total. The van der Waals surface area contributed by atoms with Crippen molar-refractivity contribution in [2.24, 2.45) is 5.73 Å². The van der Waals surface area contributed by atoms with Crippen LogP contribution in [-0.2, 0) is 33.0 Å². The number of nitrogens with two attached hydrogens (primary N) is 1. The lowest BCUT2D eigenvalue weighted by Gasteiger charge is -2.32. The van der Waals surface area contributed by atoms with Crippen molar-refractivity contribution in [3.05, 3.63) is 107 Å². The zero-order valence-electron chi connectivity index (χ0n) is 23.9. The molecule has 0 aliphatic carbocycles. The van der Waals surface area contributed by atoms with Gasteiger partial charge in [-0.25, -0.2) is 9.59 Å². The van der Waals surface area contributed by atoms with E-state index in [4.69, 9.17) is 23.4 Å². The molecule has 1 fully saturated rings. The second-order valence-electron chi connectivity index (χ2n) is 10.3. The smallest absolute Gasteiger partial charge is 0.328 e. The molecule has 3 aromatic rings. The largest absolute Gasteiger partial charge is 0.480 e. The summed E-state index contributed by atoms with van der Waals surface area (Å²) in [4.78, 5) is 54.6. The van der Waals surface area contributed by atoms with Gasteiger partial charge in [-0.2, -0.15) is 0 Å². The molecule has 0 aromatic heterocycles. The Morgan fingerprint density at radius 2 is 1.55 bits per heavy atom. The van der Waals surface area contributed by atoms with Crippen molar-refractivity contribution in [2.45, 2.75) is 31.6 Å². The predicted octanol–water partition coefficient (Wildman–Crippen LogP) is 1.88. The molecule has 228 valence electrons. The number of urea groups is 1. The average molecular weight is 616 g/mol. The summed E-state index contributed by atoms with van der Waals surface area (Å²) >= 11 is 5.22. The molecule has 44 heavy (non-hydrogen) atoms. The van der Waals surface area contributed by atoms with Crippen molar-refractivity contribution in [2.75, 3.05) is 13.1 Å². The van der Waals surface area contributed by atoms with Gasteiger partial charge >= 0.3 is 12.0 Å². The van der Waals surface area contributed by atoms with E-state index in [1.807, 2.05) is 60.7 Å². The van der Waals surface area contributed by atoms with Crippen molar-refractivity contribution < 1.29 is 24.3 Å². The number of benzene rings is 3. The summed E-state index contributed by atoms with van der Waals surface area (Å²) < 4.78 is 0. The average Bonchev–Trinajstić information content (AvgIpc) is 3.19. The van der Waals surface area contributed by atoms with Crippen LogP contribution in [0.5, 0.6) is 0 Å². The fourth-order valence-corrected chi connectivity index (χ4v) is 5.00. The Kier molecular flexibility index (Phi) is 9.91. The highest BCUT2D eigenvalue weighted by Gasteiger charge is 2.55. The summed E-state index contributed by atoms with van der Waals surface area (Å²) in [7, 11) is 0. The summed E-state index contributed by atoms with van der Waals surface area (Å²) in [5, 5.41) is 25.5. The molecule has 4 amide bonds. The third kappa shape index (κ3) is 7.18.